The third-order valence-corrected chi connectivity index (χ3v) is 11.0. The van der Waals surface area contributed by atoms with Gasteiger partial charge >= 0.3 is 6.09 Å². The minimum Gasteiger partial charge on any atom is -0.453 e. The van der Waals surface area contributed by atoms with Crippen molar-refractivity contribution >= 4 is 76.3 Å². The Hall–Kier alpha value is -3.40. The number of hydrogen-bond acceptors (Lipinski definition) is 7. The summed E-state index contributed by atoms with van der Waals surface area (Å²) in [6.07, 6.45) is 2.13. The molecule has 2 aliphatic rings. The molecule has 50 heavy (non-hydrogen) atoms. The van der Waals surface area contributed by atoms with Crippen LogP contribution in [-0.2, 0) is 25.3 Å². The second kappa shape index (κ2) is 15.5. The standard InChI is InChI=1S/C21H24BrN5O5S.C13H6BrF2I/c1-32-21(29)26-16(7-8-33(2,30)31)20(28)27-12-13(10-23)9-18(27)19-24-11-17(25-19)14-3-5-15(22)6-4-14;14-7-1-3-9-10-4-2-8(17)6-12(10)13(15,16)11(9)5-7/h3-6,11,13,16,18H,7-9,12H2,1-2H3,(H,24,25)(H,26,29);1-6H. The van der Waals surface area contributed by atoms with E-state index in [-0.39, 0.29) is 29.8 Å². The van der Waals surface area contributed by atoms with Crippen LogP contribution in [0.25, 0.3) is 22.4 Å². The van der Waals surface area contributed by atoms with Crippen molar-refractivity contribution in [1.82, 2.24) is 20.2 Å². The highest BCUT2D eigenvalue weighted by molar-refractivity contribution is 14.1. The monoisotopic (exact) mass is 943 g/mol. The number of alkyl halides is 2. The second-order valence-electron chi connectivity index (χ2n) is 11.8. The number of H-pyrrole nitrogens is 1. The van der Waals surface area contributed by atoms with E-state index in [1.807, 2.05) is 30.3 Å². The van der Waals surface area contributed by atoms with Gasteiger partial charge in [-0.05, 0) is 88.5 Å². The molecule has 0 spiro atoms. The van der Waals surface area contributed by atoms with Gasteiger partial charge in [-0.3, -0.25) is 4.79 Å². The normalized spacial score (nSPS) is 17.8. The molecule has 2 heterocycles. The van der Waals surface area contributed by atoms with Crippen molar-refractivity contribution in [2.45, 2.75) is 30.8 Å². The number of hydrogen-bond donors (Lipinski definition) is 2. The molecule has 1 aliphatic carbocycles. The lowest BCUT2D eigenvalue weighted by Crippen LogP contribution is -2.49. The zero-order valence-corrected chi connectivity index (χ0v) is 32.7. The van der Waals surface area contributed by atoms with E-state index in [1.54, 1.807) is 30.5 Å². The van der Waals surface area contributed by atoms with Crippen molar-refractivity contribution in [3.8, 4) is 28.5 Å². The third kappa shape index (κ3) is 8.55. The summed E-state index contributed by atoms with van der Waals surface area (Å²) in [5.74, 6) is -3.58. The second-order valence-corrected chi connectivity index (χ2v) is 17.2. The van der Waals surface area contributed by atoms with Gasteiger partial charge in [0.25, 0.3) is 5.92 Å². The van der Waals surface area contributed by atoms with E-state index in [4.69, 9.17) is 0 Å². The van der Waals surface area contributed by atoms with Crippen LogP contribution in [0.2, 0.25) is 0 Å². The number of halogens is 5. The van der Waals surface area contributed by atoms with Gasteiger partial charge in [0.15, 0.2) is 0 Å². The number of nitrogens with one attached hydrogen (secondary N) is 2. The molecule has 1 saturated heterocycles. The molecule has 0 saturated carbocycles. The largest absolute Gasteiger partial charge is 0.453 e. The molecule has 0 bridgehead atoms. The predicted molar refractivity (Wildman–Crippen MR) is 199 cm³/mol. The Bertz CT molecular complexity index is 2020. The van der Waals surface area contributed by atoms with E-state index in [0.29, 0.717) is 27.8 Å². The Morgan fingerprint density at radius 2 is 1.76 bits per heavy atom. The maximum Gasteiger partial charge on any atom is 0.407 e. The molecule has 6 rings (SSSR count). The van der Waals surface area contributed by atoms with Gasteiger partial charge in [0.05, 0.1) is 42.8 Å². The Labute approximate surface area is 318 Å². The SMILES string of the molecule is COC(=O)NC(CCS(C)(=O)=O)C(=O)N1CC(C#N)CC1c1ncc(-c2ccc(Br)cc2)[nH]1.FC1(F)c2cc(Br)ccc2-c2ccc(I)cc21. The first-order valence-corrected chi connectivity index (χ1v) is 19.8. The van der Waals surface area contributed by atoms with Crippen molar-refractivity contribution < 1.29 is 31.5 Å². The molecular weight excluding hydrogens is 915 g/mol. The molecule has 2 N–H and O–H groups in total. The van der Waals surface area contributed by atoms with Crippen molar-refractivity contribution in [3.63, 3.8) is 0 Å². The first-order valence-electron chi connectivity index (χ1n) is 15.1. The number of aromatic nitrogens is 2. The number of aromatic amines is 1. The quantitative estimate of drug-likeness (QED) is 0.182. The number of rotatable bonds is 7. The summed E-state index contributed by atoms with van der Waals surface area (Å²) in [6.45, 7) is 0.145. The number of carbonyl (C=O) groups excluding carboxylic acids is 2. The van der Waals surface area contributed by atoms with E-state index in [1.165, 1.54) is 11.0 Å². The minimum atomic E-state index is -3.37. The first-order chi connectivity index (χ1) is 23.6. The molecular formula is C34H30Br2F2IN5O5S. The predicted octanol–water partition coefficient (Wildman–Crippen LogP) is 7.59. The highest BCUT2D eigenvalue weighted by atomic mass is 127. The molecule has 3 aromatic carbocycles. The zero-order chi connectivity index (χ0) is 36.4. The average molecular weight is 945 g/mol. The number of fused-ring (bicyclic) bond motifs is 3. The Balaban J connectivity index is 0.000000237. The molecule has 1 fully saturated rings. The van der Waals surface area contributed by atoms with Gasteiger partial charge in [-0.2, -0.15) is 14.0 Å². The number of sulfone groups is 1. The van der Waals surface area contributed by atoms with Crippen molar-refractivity contribution in [1.29, 1.82) is 5.26 Å². The fraction of sp³-hybridized carbons (Fsp3) is 0.294. The number of nitrogens with zero attached hydrogens (tertiary/aromatic N) is 3. The number of carbonyl (C=O) groups is 2. The number of nitriles is 1. The number of ether oxygens (including phenoxy) is 1. The zero-order valence-electron chi connectivity index (χ0n) is 26.6. The van der Waals surface area contributed by atoms with Crippen LogP contribution < -0.4 is 5.32 Å². The van der Waals surface area contributed by atoms with Gasteiger partial charge in [0.2, 0.25) is 5.91 Å². The lowest BCUT2D eigenvalue weighted by Gasteiger charge is -2.28. The summed E-state index contributed by atoms with van der Waals surface area (Å²) in [5.41, 5.74) is 3.12. The summed E-state index contributed by atoms with van der Waals surface area (Å²) in [7, 11) is -2.21. The Morgan fingerprint density at radius 3 is 2.40 bits per heavy atom. The summed E-state index contributed by atoms with van der Waals surface area (Å²) in [4.78, 5) is 34.3. The van der Waals surface area contributed by atoms with Crippen LogP contribution in [-0.4, -0.2) is 67.0 Å². The number of likely N-dealkylation sites (tertiary alicyclic amines) is 1. The van der Waals surface area contributed by atoms with Gasteiger partial charge in [-0.15, -0.1) is 0 Å². The number of benzene rings is 3. The fourth-order valence-electron chi connectivity index (χ4n) is 5.87. The van der Waals surface area contributed by atoms with E-state index in [0.717, 1.165) is 32.7 Å². The maximum absolute atomic E-state index is 14.3. The number of imidazole rings is 1. The topological polar surface area (TPSA) is 145 Å². The summed E-state index contributed by atoms with van der Waals surface area (Å²) in [5, 5.41) is 11.9. The highest BCUT2D eigenvalue weighted by Gasteiger charge is 2.44. The average Bonchev–Trinajstić information content (AvgIpc) is 3.79. The van der Waals surface area contributed by atoms with Crippen LogP contribution in [0.1, 0.15) is 35.8 Å². The van der Waals surface area contributed by atoms with E-state index >= 15 is 0 Å². The lowest BCUT2D eigenvalue weighted by atomic mass is 10.1. The molecule has 2 amide bonds. The van der Waals surface area contributed by atoms with E-state index < -0.39 is 45.8 Å². The Morgan fingerprint density at radius 1 is 1.12 bits per heavy atom. The number of amides is 2. The van der Waals surface area contributed by atoms with Crippen molar-refractivity contribution in [2.24, 2.45) is 5.92 Å². The number of alkyl carbamates (subject to hydrolysis) is 1. The van der Waals surface area contributed by atoms with Gasteiger partial charge < -0.3 is 19.9 Å². The molecule has 16 heteroatoms. The van der Waals surface area contributed by atoms with Crippen LogP contribution in [0.4, 0.5) is 13.6 Å². The van der Waals surface area contributed by atoms with Crippen LogP contribution >= 0.6 is 54.5 Å². The van der Waals surface area contributed by atoms with Gasteiger partial charge in [0, 0.05) is 36.4 Å². The van der Waals surface area contributed by atoms with Crippen molar-refractivity contribution in [3.05, 3.63) is 96.3 Å². The van der Waals surface area contributed by atoms with Crippen molar-refractivity contribution in [2.75, 3.05) is 25.7 Å². The molecule has 1 aromatic heterocycles. The van der Waals surface area contributed by atoms with Gasteiger partial charge in [-0.1, -0.05) is 56.1 Å². The van der Waals surface area contributed by atoms with Gasteiger partial charge in [-0.25, -0.2) is 18.2 Å². The van der Waals surface area contributed by atoms with Crippen LogP contribution in [0, 0.1) is 20.8 Å². The molecule has 0 radical (unpaired) electrons. The van der Waals surface area contributed by atoms with Crippen LogP contribution in [0.15, 0.2) is 75.8 Å². The van der Waals surface area contributed by atoms with E-state index in [2.05, 4.69) is 80.5 Å². The molecule has 10 nitrogen and oxygen atoms in total. The first kappa shape index (κ1) is 37.8. The van der Waals surface area contributed by atoms with E-state index in [9.17, 15) is 32.0 Å². The lowest BCUT2D eigenvalue weighted by molar-refractivity contribution is -0.134. The number of methoxy groups -OCH3 is 1. The molecule has 4 aromatic rings. The Kier molecular flexibility index (Phi) is 11.7. The minimum absolute atomic E-state index is 0.0869. The third-order valence-electron chi connectivity index (χ3n) is 8.32. The molecule has 1 aliphatic heterocycles. The summed E-state index contributed by atoms with van der Waals surface area (Å²) < 4.78 is 58.9. The molecule has 262 valence electrons. The van der Waals surface area contributed by atoms with Crippen LogP contribution in [0.3, 0.4) is 0 Å². The summed E-state index contributed by atoms with van der Waals surface area (Å²) in [6, 6.07) is 18.4. The maximum atomic E-state index is 14.3. The van der Waals surface area contributed by atoms with Gasteiger partial charge in [0.1, 0.15) is 21.7 Å². The fourth-order valence-corrected chi connectivity index (χ4v) is 7.65. The molecule has 3 unspecified atom stereocenters. The smallest absolute Gasteiger partial charge is 0.407 e. The summed E-state index contributed by atoms with van der Waals surface area (Å²) >= 11 is 8.69. The molecule has 3 atom stereocenters. The van der Waals surface area contributed by atoms with Crippen LogP contribution in [0.5, 0.6) is 0 Å². The highest BCUT2D eigenvalue weighted by Crippen LogP contribution is 2.51.